The normalized spacial score (nSPS) is 10.5. The molecule has 3 nitrogen and oxygen atoms in total. The molecule has 0 saturated heterocycles. The van der Waals surface area contributed by atoms with Crippen LogP contribution in [0.25, 0.3) is 5.57 Å². The van der Waals surface area contributed by atoms with Gasteiger partial charge in [-0.15, -0.1) is 0 Å². The molecule has 1 aromatic heterocycles. The smallest absolute Gasteiger partial charge is 0.225 e. The van der Waals surface area contributed by atoms with E-state index in [0.29, 0.717) is 12.5 Å². The van der Waals surface area contributed by atoms with Gasteiger partial charge in [-0.05, 0) is 48.6 Å². The molecule has 0 radical (unpaired) electrons. The van der Waals surface area contributed by atoms with E-state index in [1.54, 1.807) is 0 Å². The number of nitrogens with zero attached hydrogens (tertiary/aromatic N) is 2. The van der Waals surface area contributed by atoms with Crippen molar-refractivity contribution in [3.8, 4) is 5.88 Å². The zero-order chi connectivity index (χ0) is 15.4. The van der Waals surface area contributed by atoms with E-state index in [0.717, 1.165) is 23.3 Å². The van der Waals surface area contributed by atoms with Crippen molar-refractivity contribution in [3.63, 3.8) is 0 Å². The number of benzene rings is 1. The van der Waals surface area contributed by atoms with Gasteiger partial charge < -0.3 is 4.74 Å². The summed E-state index contributed by atoms with van der Waals surface area (Å²) in [4.78, 5) is 8.20. The standard InChI is InChI=1S/C17H19ClN2O/c1-5-14-9-16(20-17(18)19-14)21-10-13-6-7-15(11(2)3)12(4)8-13/h6-9H,2,5,10H2,1,3-4H3. The Kier molecular flexibility index (Phi) is 4.97. The van der Waals surface area contributed by atoms with Crippen molar-refractivity contribution in [3.05, 3.63) is 58.5 Å². The molecular weight excluding hydrogens is 284 g/mol. The van der Waals surface area contributed by atoms with Gasteiger partial charge in [0.2, 0.25) is 11.2 Å². The summed E-state index contributed by atoms with van der Waals surface area (Å²) in [5, 5.41) is 0.221. The Morgan fingerprint density at radius 2 is 2.05 bits per heavy atom. The highest BCUT2D eigenvalue weighted by molar-refractivity contribution is 6.28. The second-order valence-corrected chi connectivity index (χ2v) is 5.38. The van der Waals surface area contributed by atoms with Crippen LogP contribution < -0.4 is 4.74 Å². The molecule has 2 aromatic rings. The van der Waals surface area contributed by atoms with Crippen LogP contribution in [0.5, 0.6) is 5.88 Å². The maximum atomic E-state index is 5.88. The number of hydrogen-bond donors (Lipinski definition) is 0. The largest absolute Gasteiger partial charge is 0.473 e. The quantitative estimate of drug-likeness (QED) is 0.756. The molecule has 0 atom stereocenters. The van der Waals surface area contributed by atoms with Gasteiger partial charge in [0.15, 0.2) is 0 Å². The Balaban J connectivity index is 2.11. The molecule has 0 N–H and O–H groups in total. The molecule has 0 aliphatic carbocycles. The minimum absolute atomic E-state index is 0.221. The predicted octanol–water partition coefficient (Wildman–Crippen LogP) is 4.61. The highest BCUT2D eigenvalue weighted by Gasteiger charge is 2.05. The van der Waals surface area contributed by atoms with E-state index in [9.17, 15) is 0 Å². The molecule has 0 spiro atoms. The van der Waals surface area contributed by atoms with Crippen molar-refractivity contribution in [1.29, 1.82) is 0 Å². The van der Waals surface area contributed by atoms with Gasteiger partial charge in [-0.3, -0.25) is 0 Å². The molecule has 4 heteroatoms. The molecule has 1 aromatic carbocycles. The number of aryl methyl sites for hydroxylation is 2. The van der Waals surface area contributed by atoms with Gasteiger partial charge in [0, 0.05) is 11.8 Å². The highest BCUT2D eigenvalue weighted by atomic mass is 35.5. The van der Waals surface area contributed by atoms with Crippen LogP contribution in [0.3, 0.4) is 0 Å². The molecular formula is C17H19ClN2O. The third-order valence-electron chi connectivity index (χ3n) is 3.23. The van der Waals surface area contributed by atoms with E-state index in [-0.39, 0.29) is 5.28 Å². The summed E-state index contributed by atoms with van der Waals surface area (Å²) < 4.78 is 5.71. The van der Waals surface area contributed by atoms with Crippen LogP contribution in [0, 0.1) is 6.92 Å². The lowest BCUT2D eigenvalue weighted by molar-refractivity contribution is 0.293. The summed E-state index contributed by atoms with van der Waals surface area (Å²) in [5.74, 6) is 0.508. The van der Waals surface area contributed by atoms with Gasteiger partial charge in [-0.2, -0.15) is 4.98 Å². The number of ether oxygens (including phenoxy) is 1. The fourth-order valence-electron chi connectivity index (χ4n) is 2.15. The Hall–Kier alpha value is -1.87. The Morgan fingerprint density at radius 1 is 1.29 bits per heavy atom. The van der Waals surface area contributed by atoms with Gasteiger partial charge >= 0.3 is 0 Å². The first-order chi connectivity index (χ1) is 9.99. The molecule has 0 saturated carbocycles. The maximum Gasteiger partial charge on any atom is 0.225 e. The topological polar surface area (TPSA) is 35.0 Å². The molecule has 0 bridgehead atoms. The summed E-state index contributed by atoms with van der Waals surface area (Å²) >= 11 is 5.88. The molecule has 0 aliphatic rings. The first-order valence-corrected chi connectivity index (χ1v) is 7.29. The van der Waals surface area contributed by atoms with E-state index in [4.69, 9.17) is 16.3 Å². The highest BCUT2D eigenvalue weighted by Crippen LogP contribution is 2.20. The van der Waals surface area contributed by atoms with Gasteiger partial charge in [0.1, 0.15) is 6.61 Å². The Labute approximate surface area is 130 Å². The van der Waals surface area contributed by atoms with Crippen LogP contribution in [0.2, 0.25) is 5.28 Å². The first-order valence-electron chi connectivity index (χ1n) is 6.91. The lowest BCUT2D eigenvalue weighted by Crippen LogP contribution is -2.01. The molecule has 2 rings (SSSR count). The van der Waals surface area contributed by atoms with E-state index >= 15 is 0 Å². The average molecular weight is 303 g/mol. The zero-order valence-corrected chi connectivity index (χ0v) is 13.4. The average Bonchev–Trinajstić information content (AvgIpc) is 2.44. The van der Waals surface area contributed by atoms with Gasteiger partial charge in [-0.25, -0.2) is 4.98 Å². The predicted molar refractivity (Wildman–Crippen MR) is 86.6 cm³/mol. The van der Waals surface area contributed by atoms with Crippen molar-refractivity contribution in [2.24, 2.45) is 0 Å². The monoisotopic (exact) mass is 302 g/mol. The summed E-state index contributed by atoms with van der Waals surface area (Å²) in [6.45, 7) is 10.5. The van der Waals surface area contributed by atoms with Crippen LogP contribution in [0.1, 0.15) is 36.2 Å². The number of allylic oxidation sites excluding steroid dienone is 1. The fourth-order valence-corrected chi connectivity index (χ4v) is 2.34. The Bertz CT molecular complexity index is 668. The van der Waals surface area contributed by atoms with Gasteiger partial charge in [0.05, 0.1) is 0 Å². The van der Waals surface area contributed by atoms with Crippen molar-refractivity contribution in [2.45, 2.75) is 33.8 Å². The van der Waals surface area contributed by atoms with Crippen LogP contribution >= 0.6 is 11.6 Å². The third-order valence-corrected chi connectivity index (χ3v) is 3.40. The van der Waals surface area contributed by atoms with Crippen LogP contribution in [-0.2, 0) is 13.0 Å². The lowest BCUT2D eigenvalue weighted by Gasteiger charge is -2.10. The molecule has 0 fully saturated rings. The number of hydrogen-bond acceptors (Lipinski definition) is 3. The van der Waals surface area contributed by atoms with Crippen molar-refractivity contribution < 1.29 is 4.74 Å². The molecule has 21 heavy (non-hydrogen) atoms. The van der Waals surface area contributed by atoms with E-state index in [1.165, 1.54) is 11.1 Å². The fraction of sp³-hybridized carbons (Fsp3) is 0.294. The van der Waals surface area contributed by atoms with Crippen LogP contribution in [0.15, 0.2) is 30.8 Å². The molecule has 110 valence electrons. The first kappa shape index (κ1) is 15.5. The van der Waals surface area contributed by atoms with Crippen molar-refractivity contribution in [1.82, 2.24) is 9.97 Å². The third kappa shape index (κ3) is 4.05. The second-order valence-electron chi connectivity index (χ2n) is 5.04. The second kappa shape index (κ2) is 6.72. The Morgan fingerprint density at radius 3 is 2.67 bits per heavy atom. The number of aromatic nitrogens is 2. The summed E-state index contributed by atoms with van der Waals surface area (Å²) in [6.07, 6.45) is 0.797. The summed E-state index contributed by atoms with van der Waals surface area (Å²) in [6, 6.07) is 8.04. The lowest BCUT2D eigenvalue weighted by atomic mass is 10.0. The van der Waals surface area contributed by atoms with E-state index in [1.807, 2.05) is 26.0 Å². The minimum Gasteiger partial charge on any atom is -0.473 e. The summed E-state index contributed by atoms with van der Waals surface area (Å²) in [7, 11) is 0. The van der Waals surface area contributed by atoms with Crippen LogP contribution in [0.4, 0.5) is 0 Å². The maximum absolute atomic E-state index is 5.88. The van der Waals surface area contributed by atoms with E-state index in [2.05, 4.69) is 35.6 Å². The zero-order valence-electron chi connectivity index (χ0n) is 12.6. The number of halogens is 1. The van der Waals surface area contributed by atoms with Gasteiger partial charge in [-0.1, -0.05) is 37.3 Å². The minimum atomic E-state index is 0.221. The molecule has 0 amide bonds. The molecule has 1 heterocycles. The van der Waals surface area contributed by atoms with Gasteiger partial charge in [0.25, 0.3) is 0 Å². The van der Waals surface area contributed by atoms with E-state index < -0.39 is 0 Å². The van der Waals surface area contributed by atoms with Crippen molar-refractivity contribution >= 4 is 17.2 Å². The van der Waals surface area contributed by atoms with Crippen molar-refractivity contribution in [2.75, 3.05) is 0 Å². The molecule has 0 aliphatic heterocycles. The SMILES string of the molecule is C=C(C)c1ccc(COc2cc(CC)nc(Cl)n2)cc1C. The summed E-state index contributed by atoms with van der Waals surface area (Å²) in [5.41, 5.74) is 5.40. The molecule has 0 unspecified atom stereocenters. The van der Waals surface area contributed by atoms with Crippen LogP contribution in [-0.4, -0.2) is 9.97 Å². The number of rotatable bonds is 5.